The van der Waals surface area contributed by atoms with Crippen LogP contribution in [-0.4, -0.2) is 58.1 Å². The molecule has 8 nitrogen and oxygen atoms in total. The van der Waals surface area contributed by atoms with Gasteiger partial charge < -0.3 is 9.80 Å². The summed E-state index contributed by atoms with van der Waals surface area (Å²) in [6.45, 7) is 2.86. The van der Waals surface area contributed by atoms with E-state index in [0.717, 1.165) is 44.3 Å². The van der Waals surface area contributed by atoms with Crippen molar-refractivity contribution >= 4 is 23.7 Å². The van der Waals surface area contributed by atoms with Gasteiger partial charge in [0.1, 0.15) is 5.82 Å². The standard InChI is InChI=1S/C21H27FN6O2/c22-17-8-6-15(7-9-17)13-18(29)28-12-4-5-16(14-28)19(30)23-20-24-21(26-25-20)27-10-2-1-3-11-27/h6-9,16H,1-5,10-14H2,(H2,23,24,25,26,30). The summed E-state index contributed by atoms with van der Waals surface area (Å²) < 4.78 is 13.1. The van der Waals surface area contributed by atoms with E-state index in [4.69, 9.17) is 0 Å². The maximum Gasteiger partial charge on any atom is 0.246 e. The van der Waals surface area contributed by atoms with E-state index in [-0.39, 0.29) is 30.0 Å². The third-order valence-corrected chi connectivity index (χ3v) is 5.77. The molecule has 0 bridgehead atoms. The minimum atomic E-state index is -0.322. The highest BCUT2D eigenvalue weighted by atomic mass is 19.1. The predicted octanol–water partition coefficient (Wildman–Crippen LogP) is 2.35. The van der Waals surface area contributed by atoms with Crippen molar-refractivity contribution < 1.29 is 14.0 Å². The number of hydrogen-bond acceptors (Lipinski definition) is 5. The van der Waals surface area contributed by atoms with Gasteiger partial charge in [-0.25, -0.2) is 9.49 Å². The highest BCUT2D eigenvalue weighted by Crippen LogP contribution is 2.20. The van der Waals surface area contributed by atoms with E-state index in [1.165, 1.54) is 18.6 Å². The molecule has 2 amide bonds. The van der Waals surface area contributed by atoms with Crippen molar-refractivity contribution in [2.45, 2.75) is 38.5 Å². The van der Waals surface area contributed by atoms with Crippen molar-refractivity contribution in [3.63, 3.8) is 0 Å². The lowest BCUT2D eigenvalue weighted by atomic mass is 9.96. The molecule has 2 aliphatic heterocycles. The molecule has 0 spiro atoms. The van der Waals surface area contributed by atoms with Gasteiger partial charge in [-0.05, 0) is 49.8 Å². The van der Waals surface area contributed by atoms with Crippen molar-refractivity contribution in [2.24, 2.45) is 5.92 Å². The largest absolute Gasteiger partial charge is 0.342 e. The SMILES string of the molecule is O=C(Nc1nc(N2CCCCC2)n[nH]1)C1CCCN(C(=O)Cc2ccc(F)cc2)C1. The maximum absolute atomic E-state index is 13.1. The van der Waals surface area contributed by atoms with Gasteiger partial charge >= 0.3 is 0 Å². The second kappa shape index (κ2) is 9.23. The molecule has 2 fully saturated rings. The summed E-state index contributed by atoms with van der Waals surface area (Å²) in [5.74, 6) is 0.137. The summed E-state index contributed by atoms with van der Waals surface area (Å²) >= 11 is 0. The first kappa shape index (κ1) is 20.3. The Kier molecular flexibility index (Phi) is 6.25. The number of aromatic nitrogens is 3. The number of likely N-dealkylation sites (tertiary alicyclic amines) is 1. The van der Waals surface area contributed by atoms with Crippen LogP contribution in [0.4, 0.5) is 16.3 Å². The highest BCUT2D eigenvalue weighted by Gasteiger charge is 2.29. The number of rotatable bonds is 5. The molecule has 2 aromatic rings. The Labute approximate surface area is 174 Å². The number of nitrogens with one attached hydrogen (secondary N) is 2. The zero-order valence-electron chi connectivity index (χ0n) is 16.9. The fourth-order valence-corrected chi connectivity index (χ4v) is 4.07. The van der Waals surface area contributed by atoms with Crippen LogP contribution in [0, 0.1) is 11.7 Å². The van der Waals surface area contributed by atoms with Gasteiger partial charge in [-0.15, -0.1) is 5.10 Å². The first-order valence-electron chi connectivity index (χ1n) is 10.6. The number of anilines is 2. The number of halogens is 1. The lowest BCUT2D eigenvalue weighted by Crippen LogP contribution is -2.44. The Morgan fingerprint density at radius 3 is 2.63 bits per heavy atom. The highest BCUT2D eigenvalue weighted by molar-refractivity contribution is 5.91. The number of piperidine rings is 2. The van der Waals surface area contributed by atoms with E-state index in [0.29, 0.717) is 25.0 Å². The van der Waals surface area contributed by atoms with Gasteiger partial charge in [0.05, 0.1) is 12.3 Å². The van der Waals surface area contributed by atoms with Gasteiger partial charge in [0.25, 0.3) is 0 Å². The van der Waals surface area contributed by atoms with Crippen molar-refractivity contribution in [1.29, 1.82) is 0 Å². The van der Waals surface area contributed by atoms with Crippen LogP contribution in [0.3, 0.4) is 0 Å². The minimum Gasteiger partial charge on any atom is -0.342 e. The Balaban J connectivity index is 1.31. The van der Waals surface area contributed by atoms with Gasteiger partial charge in [-0.3, -0.25) is 14.9 Å². The first-order valence-corrected chi connectivity index (χ1v) is 10.6. The van der Waals surface area contributed by atoms with Crippen LogP contribution in [0.2, 0.25) is 0 Å². The average Bonchev–Trinajstić information content (AvgIpc) is 3.24. The Morgan fingerprint density at radius 1 is 1.10 bits per heavy atom. The smallest absolute Gasteiger partial charge is 0.246 e. The zero-order chi connectivity index (χ0) is 20.9. The number of H-pyrrole nitrogens is 1. The van der Waals surface area contributed by atoms with Crippen molar-refractivity contribution in [2.75, 3.05) is 36.4 Å². The van der Waals surface area contributed by atoms with Crippen molar-refractivity contribution in [3.05, 3.63) is 35.6 Å². The number of aromatic amines is 1. The molecule has 1 aromatic heterocycles. The van der Waals surface area contributed by atoms with Gasteiger partial charge in [0.2, 0.25) is 23.7 Å². The molecule has 0 radical (unpaired) electrons. The number of amides is 2. The Morgan fingerprint density at radius 2 is 1.87 bits per heavy atom. The van der Waals surface area contributed by atoms with Crippen LogP contribution in [0.25, 0.3) is 0 Å². The molecule has 1 aromatic carbocycles. The molecule has 2 saturated heterocycles. The van der Waals surface area contributed by atoms with E-state index in [1.54, 1.807) is 17.0 Å². The topological polar surface area (TPSA) is 94.2 Å². The summed E-state index contributed by atoms with van der Waals surface area (Å²) in [6, 6.07) is 5.94. The van der Waals surface area contributed by atoms with Crippen LogP contribution in [-0.2, 0) is 16.0 Å². The van der Waals surface area contributed by atoms with E-state index in [1.807, 2.05) is 0 Å². The van der Waals surface area contributed by atoms with Crippen LogP contribution < -0.4 is 10.2 Å². The number of hydrogen-bond donors (Lipinski definition) is 2. The lowest BCUT2D eigenvalue weighted by Gasteiger charge is -2.32. The van der Waals surface area contributed by atoms with Crippen LogP contribution in [0.5, 0.6) is 0 Å². The molecule has 9 heteroatoms. The Hall–Kier alpha value is -2.97. The van der Waals surface area contributed by atoms with Gasteiger partial charge in [-0.2, -0.15) is 4.98 Å². The number of nitrogens with zero attached hydrogens (tertiary/aromatic N) is 4. The first-order chi connectivity index (χ1) is 14.6. The molecule has 1 unspecified atom stereocenters. The molecule has 2 N–H and O–H groups in total. The van der Waals surface area contributed by atoms with Gasteiger partial charge in [0, 0.05) is 26.2 Å². The quantitative estimate of drug-likeness (QED) is 0.783. The molecule has 0 aliphatic carbocycles. The molecule has 4 rings (SSSR count). The van der Waals surface area contributed by atoms with E-state index in [9.17, 15) is 14.0 Å². The summed E-state index contributed by atoms with van der Waals surface area (Å²) in [5.41, 5.74) is 0.764. The number of carbonyl (C=O) groups is 2. The third-order valence-electron chi connectivity index (χ3n) is 5.77. The fraction of sp³-hybridized carbons (Fsp3) is 0.524. The second-order valence-electron chi connectivity index (χ2n) is 8.00. The maximum atomic E-state index is 13.1. The second-order valence-corrected chi connectivity index (χ2v) is 8.00. The van der Waals surface area contributed by atoms with E-state index in [2.05, 4.69) is 25.4 Å². The Bertz CT molecular complexity index is 878. The molecule has 1 atom stereocenters. The summed E-state index contributed by atoms with van der Waals surface area (Å²) in [6.07, 6.45) is 5.17. The van der Waals surface area contributed by atoms with Crippen molar-refractivity contribution in [1.82, 2.24) is 20.1 Å². The average molecular weight is 414 g/mol. The van der Waals surface area contributed by atoms with Crippen molar-refractivity contribution in [3.8, 4) is 0 Å². The summed E-state index contributed by atoms with van der Waals surface area (Å²) in [4.78, 5) is 33.6. The summed E-state index contributed by atoms with van der Waals surface area (Å²) in [5, 5.41) is 9.83. The molecule has 30 heavy (non-hydrogen) atoms. The molecule has 2 aliphatic rings. The minimum absolute atomic E-state index is 0.0499. The monoisotopic (exact) mass is 414 g/mol. The van der Waals surface area contributed by atoms with Crippen LogP contribution >= 0.6 is 0 Å². The molecular formula is C21H27FN6O2. The fourth-order valence-electron chi connectivity index (χ4n) is 4.07. The molecule has 0 saturated carbocycles. The zero-order valence-corrected chi connectivity index (χ0v) is 16.9. The van der Waals surface area contributed by atoms with Gasteiger partial charge in [-0.1, -0.05) is 12.1 Å². The molecule has 160 valence electrons. The number of benzene rings is 1. The summed E-state index contributed by atoms with van der Waals surface area (Å²) in [7, 11) is 0. The molecular weight excluding hydrogens is 387 g/mol. The van der Waals surface area contributed by atoms with Gasteiger partial charge in [0.15, 0.2) is 0 Å². The predicted molar refractivity (Wildman–Crippen MR) is 110 cm³/mol. The van der Waals surface area contributed by atoms with Crippen LogP contribution in [0.15, 0.2) is 24.3 Å². The number of carbonyl (C=O) groups excluding carboxylic acids is 2. The van der Waals surface area contributed by atoms with Crippen LogP contribution in [0.1, 0.15) is 37.7 Å². The molecule has 3 heterocycles. The normalized spacial score (nSPS) is 19.6. The van der Waals surface area contributed by atoms with E-state index >= 15 is 0 Å². The third kappa shape index (κ3) is 4.95. The lowest BCUT2D eigenvalue weighted by molar-refractivity contribution is -0.133. The van der Waals surface area contributed by atoms with E-state index < -0.39 is 0 Å².